The van der Waals surface area contributed by atoms with Gasteiger partial charge in [-0.25, -0.2) is 4.39 Å². The van der Waals surface area contributed by atoms with E-state index in [1.807, 2.05) is 0 Å². The van der Waals surface area contributed by atoms with Crippen LogP contribution in [0.3, 0.4) is 0 Å². The first-order chi connectivity index (χ1) is 24.5. The van der Waals surface area contributed by atoms with Crippen LogP contribution in [0.1, 0.15) is 107 Å². The van der Waals surface area contributed by atoms with Crippen LogP contribution >= 0.6 is 0 Å². The molecule has 0 aromatic rings. The van der Waals surface area contributed by atoms with Crippen LogP contribution in [-0.2, 0) is 38.2 Å². The Morgan fingerprint density at radius 1 is 1.07 bits per heavy atom. The van der Waals surface area contributed by atoms with Crippen LogP contribution in [0, 0.1) is 28.6 Å². The molecule has 0 radical (unpaired) electrons. The fraction of sp³-hybridized carbons (Fsp3) is 0.710. The average Bonchev–Trinajstić information content (AvgIpc) is 3.24. The number of ether oxygens (including phenoxy) is 3. The van der Waals surface area contributed by atoms with E-state index >= 15 is 4.39 Å². The Balaban J connectivity index is 1.96. The summed E-state index contributed by atoms with van der Waals surface area (Å²) < 4.78 is 150. The largest absolute Gasteiger partial charge is 0.459 e. The van der Waals surface area contributed by atoms with Gasteiger partial charge in [0.05, 0.1) is 0 Å². The highest BCUT2D eigenvalue weighted by atomic mass is 19.1. The fourth-order valence-corrected chi connectivity index (χ4v) is 8.09. The van der Waals surface area contributed by atoms with Crippen molar-refractivity contribution in [2.75, 3.05) is 6.61 Å². The average molecular weight is 576 g/mol. The molecule has 220 valence electrons. The standard InChI is InChI=1S/C31H41FO8/c1-7-25(35)38-17-23(34)31(40-27(37)9-3)18(4)14-22-21-11-10-19-15-20(33)12-13-28(19,5)30(21,32)24(16-29(22,31)6)39-26(36)8-2/h12-13,15,18,21-22,24H,7-11,14,16-17H2,1-6H3/t18-,21-,22-,24-,28-,29-,30-,31-/m0/s1/i1D3,2D3,3D3,7D2,8D2,9D2. The van der Waals surface area contributed by atoms with Crippen molar-refractivity contribution in [2.45, 2.75) is 104 Å². The molecule has 0 bridgehead atoms. The molecule has 8 atom stereocenters. The summed E-state index contributed by atoms with van der Waals surface area (Å²) >= 11 is 0. The van der Waals surface area contributed by atoms with Crippen LogP contribution < -0.4 is 0 Å². The molecule has 0 aliphatic heterocycles. The lowest BCUT2D eigenvalue weighted by Gasteiger charge is -2.63. The first-order valence-corrected chi connectivity index (χ1v) is 12.8. The van der Waals surface area contributed by atoms with Crippen molar-refractivity contribution in [2.24, 2.45) is 28.6 Å². The van der Waals surface area contributed by atoms with Gasteiger partial charge in [-0.2, -0.15) is 0 Å². The summed E-state index contributed by atoms with van der Waals surface area (Å²) in [4.78, 5) is 66.7. The number of carbonyl (C=O) groups is 5. The highest BCUT2D eigenvalue weighted by Gasteiger charge is 2.78. The summed E-state index contributed by atoms with van der Waals surface area (Å²) in [6.07, 6.45) is -11.2. The van der Waals surface area contributed by atoms with Gasteiger partial charge in [0.15, 0.2) is 23.7 Å². The van der Waals surface area contributed by atoms with Crippen molar-refractivity contribution in [3.63, 3.8) is 0 Å². The number of fused-ring (bicyclic) bond motifs is 5. The van der Waals surface area contributed by atoms with Crippen LogP contribution in [0.2, 0.25) is 0 Å². The van der Waals surface area contributed by atoms with Gasteiger partial charge in [-0.3, -0.25) is 24.0 Å². The molecule has 0 spiro atoms. The number of rotatable bonds is 8. The van der Waals surface area contributed by atoms with E-state index in [9.17, 15) is 24.0 Å². The number of ketones is 2. The van der Waals surface area contributed by atoms with Crippen molar-refractivity contribution in [1.82, 2.24) is 0 Å². The van der Waals surface area contributed by atoms with Gasteiger partial charge < -0.3 is 14.2 Å². The van der Waals surface area contributed by atoms with Crippen molar-refractivity contribution in [3.05, 3.63) is 23.8 Å². The van der Waals surface area contributed by atoms with E-state index in [4.69, 9.17) is 34.8 Å². The van der Waals surface area contributed by atoms with Crippen LogP contribution in [0.4, 0.5) is 4.39 Å². The molecule has 8 nitrogen and oxygen atoms in total. The first kappa shape index (κ1) is 16.0. The van der Waals surface area contributed by atoms with Gasteiger partial charge in [-0.15, -0.1) is 0 Å². The monoisotopic (exact) mass is 575 g/mol. The highest BCUT2D eigenvalue weighted by molar-refractivity contribution is 6.01. The lowest BCUT2D eigenvalue weighted by molar-refractivity contribution is -0.236. The summed E-state index contributed by atoms with van der Waals surface area (Å²) in [7, 11) is 0. The molecule has 0 saturated heterocycles. The third kappa shape index (κ3) is 4.17. The molecule has 0 unspecified atom stereocenters. The predicted molar refractivity (Wildman–Crippen MR) is 142 cm³/mol. The Morgan fingerprint density at radius 2 is 1.75 bits per heavy atom. The van der Waals surface area contributed by atoms with Gasteiger partial charge in [0.25, 0.3) is 0 Å². The zero-order valence-corrected chi connectivity index (χ0v) is 22.2. The zero-order chi connectivity index (χ0) is 42.6. The molecular weight excluding hydrogens is 519 g/mol. The van der Waals surface area contributed by atoms with Gasteiger partial charge in [0, 0.05) is 62.3 Å². The van der Waals surface area contributed by atoms with Gasteiger partial charge in [0.2, 0.25) is 5.78 Å². The lowest BCUT2D eigenvalue weighted by atomic mass is 9.44. The van der Waals surface area contributed by atoms with E-state index in [2.05, 4.69) is 0 Å². The third-order valence-corrected chi connectivity index (χ3v) is 9.71. The molecule has 40 heavy (non-hydrogen) atoms. The quantitative estimate of drug-likeness (QED) is 0.300. The Hall–Kier alpha value is -2.84. The normalized spacial score (nSPS) is 47.4. The Morgan fingerprint density at radius 3 is 2.45 bits per heavy atom. The second kappa shape index (κ2) is 10.5. The molecule has 3 fully saturated rings. The molecule has 0 N–H and O–H groups in total. The van der Waals surface area contributed by atoms with Gasteiger partial charge in [-0.1, -0.05) is 46.1 Å². The van der Waals surface area contributed by atoms with E-state index in [1.165, 1.54) is 32.9 Å². The first-order valence-electron chi connectivity index (χ1n) is 20.3. The van der Waals surface area contributed by atoms with Crippen molar-refractivity contribution in [3.8, 4) is 0 Å². The maximum atomic E-state index is 18.6. The second-order valence-electron chi connectivity index (χ2n) is 11.3. The molecule has 4 aliphatic rings. The van der Waals surface area contributed by atoms with E-state index < -0.39 is 128 Å². The maximum Gasteiger partial charge on any atom is 0.306 e. The minimum Gasteiger partial charge on any atom is -0.459 e. The highest BCUT2D eigenvalue weighted by Crippen LogP contribution is 2.72. The molecule has 9 heteroatoms. The van der Waals surface area contributed by atoms with Crippen LogP contribution in [0.25, 0.3) is 0 Å². The Labute approximate surface area is 256 Å². The number of alkyl halides is 1. The van der Waals surface area contributed by atoms with Crippen molar-refractivity contribution >= 4 is 29.5 Å². The SMILES string of the molecule is [2H]C([2H])([2H])C([2H])([2H])C(=O)OCC(=O)[C@@]1(OC(=O)C([2H])([2H])C([2H])([2H])[2H])[C@@H](C)C[C@H]2[C@@H]3CCC4=CC(=O)C=C[C@]4(C)[C@@]3(F)[C@@H](OC(=O)C([2H])([2H])C([2H])([2H])[2H])C[C@@]21C. The van der Waals surface area contributed by atoms with Crippen LogP contribution in [0.15, 0.2) is 23.8 Å². The molecule has 4 rings (SSSR count). The summed E-state index contributed by atoms with van der Waals surface area (Å²) in [6, 6.07) is 0. The summed E-state index contributed by atoms with van der Waals surface area (Å²) in [6.45, 7) is -8.51. The predicted octanol–water partition coefficient (Wildman–Crippen LogP) is 4.78. The summed E-state index contributed by atoms with van der Waals surface area (Å²) in [5.74, 6) is -11.9. The molecule has 3 saturated carbocycles. The Kier molecular flexibility index (Phi) is 4.20. The minimum atomic E-state index is -3.80. The van der Waals surface area contributed by atoms with Crippen molar-refractivity contribution < 1.29 is 63.1 Å². The number of esters is 3. The fourth-order valence-electron chi connectivity index (χ4n) is 8.09. The number of allylic oxidation sites excluding steroid dienone is 4. The lowest BCUT2D eigenvalue weighted by Crippen LogP contribution is -2.70. The van der Waals surface area contributed by atoms with E-state index in [1.54, 1.807) is 0 Å². The maximum absolute atomic E-state index is 18.6. The van der Waals surface area contributed by atoms with Crippen LogP contribution in [-0.4, -0.2) is 53.5 Å². The zero-order valence-electron chi connectivity index (χ0n) is 37.2. The minimum absolute atomic E-state index is 0.0464. The number of hydrogen-bond donors (Lipinski definition) is 0. The molecule has 0 aromatic heterocycles. The van der Waals surface area contributed by atoms with Crippen molar-refractivity contribution in [1.29, 1.82) is 0 Å². The van der Waals surface area contributed by atoms with Gasteiger partial charge in [0.1, 0.15) is 6.10 Å². The smallest absolute Gasteiger partial charge is 0.306 e. The van der Waals surface area contributed by atoms with Gasteiger partial charge in [-0.05, 0) is 50.7 Å². The molecule has 0 heterocycles. The molecule has 0 aromatic carbocycles. The number of halogens is 1. The molecule has 0 amide bonds. The number of Topliss-reactive ketones (excluding diaryl/α,β-unsaturated/α-hetero) is 1. The molecular formula is C31H41FO8. The van der Waals surface area contributed by atoms with E-state index in [-0.39, 0.29) is 24.8 Å². The Bertz CT molecular complexity index is 1720. The second-order valence-corrected chi connectivity index (χ2v) is 11.3. The van der Waals surface area contributed by atoms with E-state index in [0.29, 0.717) is 0 Å². The number of carbonyl (C=O) groups excluding carboxylic acids is 5. The topological polar surface area (TPSA) is 113 Å². The summed E-state index contributed by atoms with van der Waals surface area (Å²) in [5.41, 5.74) is -9.19. The van der Waals surface area contributed by atoms with Crippen LogP contribution in [0.5, 0.6) is 0 Å². The van der Waals surface area contributed by atoms with Gasteiger partial charge >= 0.3 is 17.9 Å². The third-order valence-electron chi connectivity index (χ3n) is 9.71. The summed E-state index contributed by atoms with van der Waals surface area (Å²) in [5, 5.41) is 0. The van der Waals surface area contributed by atoms with E-state index in [0.717, 1.165) is 6.08 Å². The molecule has 4 aliphatic carbocycles. The number of hydrogen-bond acceptors (Lipinski definition) is 8.